The Kier molecular flexibility index (Phi) is 12.4. The van der Waals surface area contributed by atoms with Crippen molar-refractivity contribution in [2.75, 3.05) is 21.3 Å². The number of rotatable bonds is 17. The third-order valence-corrected chi connectivity index (χ3v) is 8.86. The zero-order valence-corrected chi connectivity index (χ0v) is 27.7. The molecule has 18 nitrogen and oxygen atoms in total. The number of hydrogen-bond donors (Lipinski definition) is 6. The first-order valence-corrected chi connectivity index (χ1v) is 16.6. The van der Waals surface area contributed by atoms with Crippen LogP contribution in [-0.4, -0.2) is 97.8 Å². The van der Waals surface area contributed by atoms with E-state index in [-0.39, 0.29) is 22.8 Å². The van der Waals surface area contributed by atoms with E-state index in [2.05, 4.69) is 0 Å². The minimum absolute atomic E-state index is 0.122. The molecule has 0 amide bonds. The summed E-state index contributed by atoms with van der Waals surface area (Å²) in [5, 5.41) is 37.2. The quantitative estimate of drug-likeness (QED) is 0.0852. The van der Waals surface area contributed by atoms with Gasteiger partial charge in [0.15, 0.2) is 28.2 Å². The number of aliphatic hydroxyl groups is 1. The Morgan fingerprint density at radius 1 is 0.660 bits per heavy atom. The topological polar surface area (TPSA) is 287 Å². The molecule has 6 N–H and O–H groups in total. The predicted octanol–water partition coefficient (Wildman–Crippen LogP) is 2.08. The van der Waals surface area contributed by atoms with Gasteiger partial charge in [0.1, 0.15) is 16.7 Å². The molecule has 0 aliphatic rings. The first-order chi connectivity index (χ1) is 23.3. The number of methoxy groups -OCH3 is 3. The molecular weight excluding hydrogens is 712 g/mol. The van der Waals surface area contributed by atoms with Crippen molar-refractivity contribution in [1.82, 2.24) is 0 Å². The lowest BCUT2D eigenvalue weighted by Crippen LogP contribution is -2.38. The number of carboxylic acids is 3. The molecular formula is C30H30O18S2. The summed E-state index contributed by atoms with van der Waals surface area (Å²) < 4.78 is 94.3. The van der Waals surface area contributed by atoms with Gasteiger partial charge in [-0.1, -0.05) is 18.2 Å². The zero-order valence-electron chi connectivity index (χ0n) is 26.1. The molecule has 0 aliphatic heterocycles. The summed E-state index contributed by atoms with van der Waals surface area (Å²) in [6.07, 6.45) is -4.44. The molecule has 0 fully saturated rings. The molecule has 0 saturated carbocycles. The van der Waals surface area contributed by atoms with Gasteiger partial charge in [-0.15, -0.1) is 0 Å². The fraction of sp³-hybridized carbons (Fsp3) is 0.233. The lowest BCUT2D eigenvalue weighted by molar-refractivity contribution is -0.151. The highest BCUT2D eigenvalue weighted by Crippen LogP contribution is 2.39. The van der Waals surface area contributed by atoms with Crippen LogP contribution in [-0.2, 0) is 34.6 Å². The Hall–Kier alpha value is -5.41. The second kappa shape index (κ2) is 15.9. The minimum Gasteiger partial charge on any atom is -0.495 e. The molecule has 4 unspecified atom stereocenters. The third-order valence-electron chi connectivity index (χ3n) is 6.81. The highest BCUT2D eigenvalue weighted by molar-refractivity contribution is 7.86. The molecule has 20 heteroatoms. The summed E-state index contributed by atoms with van der Waals surface area (Å²) in [5.41, 5.74) is -0.345. The normalized spacial score (nSPS) is 14.2. The molecule has 4 atom stereocenters. The number of benzene rings is 3. The van der Waals surface area contributed by atoms with Crippen molar-refractivity contribution in [1.29, 1.82) is 0 Å². The number of aliphatic hydroxyl groups excluding tert-OH is 1. The second-order valence-corrected chi connectivity index (χ2v) is 12.9. The molecule has 0 aliphatic carbocycles. The standard InChI is InChI=1S/C30H30O18S2/c1-44-20-12-15(5-11-24(31)32)4-8-18(20)48-27(30(36)37)28(50(41,42)43)17-6-9-19(21(14-17)45-2)47-26(29(34)35)25(33)16-7-10-23(49(38,39)40)22(13-16)46-3/h4-14,25-28,33H,1-3H3,(H,31,32)(H,34,35)(H,36,37)(H,38,39,40)(H,41,42,43)/b11-5+. The molecule has 0 heterocycles. The SMILES string of the molecule is COc1cc(C(C(Oc2ccc(/C=C/C(=O)O)cc2OC)C(=O)O)S(=O)(=O)O)ccc1OC(C(=O)O)C(O)c1ccc(S(=O)(=O)O)c(OC)c1. The Bertz CT molecular complexity index is 2010. The lowest BCUT2D eigenvalue weighted by atomic mass is 10.0. The van der Waals surface area contributed by atoms with E-state index in [1.165, 1.54) is 31.4 Å². The van der Waals surface area contributed by atoms with E-state index in [0.717, 1.165) is 56.7 Å². The van der Waals surface area contributed by atoms with Gasteiger partial charge in [-0.2, -0.15) is 16.8 Å². The van der Waals surface area contributed by atoms with Crippen molar-refractivity contribution in [3.8, 4) is 28.7 Å². The summed E-state index contributed by atoms with van der Waals surface area (Å²) in [7, 11) is -6.74. The van der Waals surface area contributed by atoms with Crippen LogP contribution >= 0.6 is 0 Å². The van der Waals surface area contributed by atoms with Gasteiger partial charge >= 0.3 is 17.9 Å². The largest absolute Gasteiger partial charge is 0.495 e. The van der Waals surface area contributed by atoms with Crippen LogP contribution in [0.4, 0.5) is 0 Å². The maximum Gasteiger partial charge on any atom is 0.348 e. The van der Waals surface area contributed by atoms with Crippen LogP contribution in [0.3, 0.4) is 0 Å². The van der Waals surface area contributed by atoms with Crippen LogP contribution in [0.2, 0.25) is 0 Å². The number of carbonyl (C=O) groups is 3. The van der Waals surface area contributed by atoms with Crippen LogP contribution in [0, 0.1) is 0 Å². The summed E-state index contributed by atoms with van der Waals surface area (Å²) >= 11 is 0. The molecule has 270 valence electrons. The molecule has 0 saturated heterocycles. The fourth-order valence-electron chi connectivity index (χ4n) is 4.54. The van der Waals surface area contributed by atoms with E-state index in [9.17, 15) is 55.6 Å². The van der Waals surface area contributed by atoms with Crippen molar-refractivity contribution < 1.29 is 84.4 Å². The van der Waals surface area contributed by atoms with Gasteiger partial charge in [-0.05, 0) is 59.2 Å². The summed E-state index contributed by atoms with van der Waals surface area (Å²) in [6.45, 7) is 0. The number of ether oxygens (including phenoxy) is 5. The number of hydrogen-bond acceptors (Lipinski definition) is 13. The van der Waals surface area contributed by atoms with E-state index in [1.807, 2.05) is 0 Å². The van der Waals surface area contributed by atoms with Crippen molar-refractivity contribution in [3.63, 3.8) is 0 Å². The molecule has 50 heavy (non-hydrogen) atoms. The lowest BCUT2D eigenvalue weighted by Gasteiger charge is -2.25. The van der Waals surface area contributed by atoms with Crippen LogP contribution in [0.1, 0.15) is 28.0 Å². The van der Waals surface area contributed by atoms with Crippen LogP contribution < -0.4 is 23.7 Å². The first-order valence-electron chi connectivity index (χ1n) is 13.7. The van der Waals surface area contributed by atoms with Crippen LogP contribution in [0.5, 0.6) is 28.7 Å². The smallest absolute Gasteiger partial charge is 0.348 e. The first kappa shape index (κ1) is 39.0. The van der Waals surface area contributed by atoms with E-state index >= 15 is 0 Å². The van der Waals surface area contributed by atoms with E-state index in [1.54, 1.807) is 0 Å². The molecule has 3 aromatic carbocycles. The zero-order chi connectivity index (χ0) is 37.6. The Balaban J connectivity index is 2.03. The maximum atomic E-state index is 12.6. The Labute approximate surface area is 284 Å². The Morgan fingerprint density at radius 2 is 1.16 bits per heavy atom. The summed E-state index contributed by atoms with van der Waals surface area (Å²) in [6, 6.07) is 9.42. The molecule has 0 spiro atoms. The van der Waals surface area contributed by atoms with Gasteiger partial charge in [0, 0.05) is 6.08 Å². The van der Waals surface area contributed by atoms with Crippen LogP contribution in [0.15, 0.2) is 65.6 Å². The number of carboxylic acid groups (broad SMARTS) is 3. The number of aliphatic carboxylic acids is 3. The second-order valence-electron chi connectivity index (χ2n) is 10.0. The molecule has 0 bridgehead atoms. The van der Waals surface area contributed by atoms with Crippen molar-refractivity contribution >= 4 is 44.2 Å². The van der Waals surface area contributed by atoms with Gasteiger partial charge in [0.2, 0.25) is 12.2 Å². The van der Waals surface area contributed by atoms with E-state index in [4.69, 9.17) is 28.8 Å². The minimum atomic E-state index is -5.30. The van der Waals surface area contributed by atoms with Gasteiger partial charge in [0.05, 0.1) is 21.3 Å². The Morgan fingerprint density at radius 3 is 1.66 bits per heavy atom. The van der Waals surface area contributed by atoms with Gasteiger partial charge in [-0.3, -0.25) is 9.11 Å². The monoisotopic (exact) mass is 742 g/mol. The van der Waals surface area contributed by atoms with Gasteiger partial charge in [0.25, 0.3) is 20.2 Å². The maximum absolute atomic E-state index is 12.6. The molecule has 0 radical (unpaired) electrons. The third kappa shape index (κ3) is 9.39. The van der Waals surface area contributed by atoms with E-state index < -0.39 is 83.7 Å². The molecule has 0 aromatic heterocycles. The molecule has 3 rings (SSSR count). The molecule has 3 aromatic rings. The van der Waals surface area contributed by atoms with Crippen LogP contribution in [0.25, 0.3) is 6.08 Å². The van der Waals surface area contributed by atoms with Gasteiger partial charge < -0.3 is 44.1 Å². The average Bonchev–Trinajstić information content (AvgIpc) is 3.04. The van der Waals surface area contributed by atoms with E-state index in [0.29, 0.717) is 5.56 Å². The highest BCUT2D eigenvalue weighted by Gasteiger charge is 2.42. The highest BCUT2D eigenvalue weighted by atomic mass is 32.2. The fourth-order valence-corrected chi connectivity index (χ4v) is 6.15. The summed E-state index contributed by atoms with van der Waals surface area (Å²) in [4.78, 5) is 34.7. The summed E-state index contributed by atoms with van der Waals surface area (Å²) in [5.74, 6) is -6.46. The van der Waals surface area contributed by atoms with Crippen molar-refractivity contribution in [3.05, 3.63) is 77.4 Å². The van der Waals surface area contributed by atoms with Crippen molar-refractivity contribution in [2.45, 2.75) is 28.5 Å². The predicted molar refractivity (Wildman–Crippen MR) is 169 cm³/mol. The average molecular weight is 743 g/mol. The van der Waals surface area contributed by atoms with Crippen molar-refractivity contribution in [2.24, 2.45) is 0 Å². The van der Waals surface area contributed by atoms with Gasteiger partial charge in [-0.25, -0.2) is 14.4 Å².